The van der Waals surface area contributed by atoms with Gasteiger partial charge >= 0.3 is 0 Å². The molecule has 0 amide bonds. The van der Waals surface area contributed by atoms with Gasteiger partial charge in [0.1, 0.15) is 5.82 Å². The molecule has 1 unspecified atom stereocenters. The van der Waals surface area contributed by atoms with Crippen molar-refractivity contribution in [1.82, 2.24) is 14.9 Å². The Morgan fingerprint density at radius 2 is 1.73 bits per heavy atom. The fraction of sp³-hybridized carbons (Fsp3) is 0.500. The first-order valence-corrected chi connectivity index (χ1v) is 13.9. The third kappa shape index (κ3) is 16.6. The summed E-state index contributed by atoms with van der Waals surface area (Å²) in [7, 11) is 1.89. The normalized spacial score (nSPS) is 15.7. The summed E-state index contributed by atoms with van der Waals surface area (Å²) in [6.45, 7) is 18.5. The zero-order valence-corrected chi connectivity index (χ0v) is 24.6. The molecule has 206 valence electrons. The molecule has 37 heavy (non-hydrogen) atoms. The molecule has 0 spiro atoms. The Morgan fingerprint density at radius 3 is 2.32 bits per heavy atom. The van der Waals surface area contributed by atoms with Crippen LogP contribution in [0.25, 0.3) is 0 Å². The quantitative estimate of drug-likeness (QED) is 0.333. The summed E-state index contributed by atoms with van der Waals surface area (Å²) in [5.41, 5.74) is 2.55. The highest BCUT2D eigenvalue weighted by Gasteiger charge is 2.15. The molecule has 1 saturated heterocycles. The summed E-state index contributed by atoms with van der Waals surface area (Å²) in [6.07, 6.45) is 18.6. The van der Waals surface area contributed by atoms with E-state index >= 15 is 0 Å². The van der Waals surface area contributed by atoms with Gasteiger partial charge in [0.2, 0.25) is 5.95 Å². The highest BCUT2D eigenvalue weighted by molar-refractivity contribution is 5.32. The largest absolute Gasteiger partial charge is 0.321 e. The highest BCUT2D eigenvalue weighted by atomic mass is 19.1. The van der Waals surface area contributed by atoms with Crippen LogP contribution in [0.4, 0.5) is 10.3 Å². The van der Waals surface area contributed by atoms with Crippen molar-refractivity contribution in [2.24, 2.45) is 5.92 Å². The molecule has 1 aliphatic rings. The minimum atomic E-state index is -0.211. The lowest BCUT2D eigenvalue weighted by Gasteiger charge is -2.30. The van der Waals surface area contributed by atoms with Crippen LogP contribution >= 0.6 is 0 Å². The Hall–Kier alpha value is -2.79. The predicted octanol–water partition coefficient (Wildman–Crippen LogP) is 8.49. The van der Waals surface area contributed by atoms with E-state index < -0.39 is 0 Å². The molecule has 1 aromatic carbocycles. The molecule has 2 aromatic rings. The molecular formula is C32H51FN4. The topological polar surface area (TPSA) is 32.3 Å². The standard InChI is InChI=1S/C14H14FN3.C14H25N.2C2H6/c1-18(14-16-9-3-10-17-14)11-2-4-12-5-7-13(15)8-6-12;1-4-5-6-8-13(2)11-15-10-7-9-14(3)12-15;2*1-2/h2-3,5-11H,4H2,1H3;5-6,8,14H,4,7,9-12H2,1-3H3;2*1-2H3/b11-2-;6-5-,13-8+;;. The van der Waals surface area contributed by atoms with Crippen LogP contribution in [-0.2, 0) is 6.42 Å². The molecule has 0 bridgehead atoms. The van der Waals surface area contributed by atoms with Gasteiger partial charge in [0.25, 0.3) is 0 Å². The first kappa shape index (κ1) is 34.2. The van der Waals surface area contributed by atoms with Gasteiger partial charge in [-0.25, -0.2) is 14.4 Å². The lowest BCUT2D eigenvalue weighted by atomic mass is 10.00. The van der Waals surface area contributed by atoms with Gasteiger partial charge < -0.3 is 4.90 Å². The Balaban J connectivity index is 0.000000626. The van der Waals surface area contributed by atoms with Crippen molar-refractivity contribution in [3.05, 3.63) is 90.2 Å². The van der Waals surface area contributed by atoms with Gasteiger partial charge in [0, 0.05) is 38.7 Å². The maximum atomic E-state index is 12.7. The van der Waals surface area contributed by atoms with Crippen LogP contribution in [-0.4, -0.2) is 41.5 Å². The lowest BCUT2D eigenvalue weighted by molar-refractivity contribution is 0.198. The number of benzene rings is 1. The van der Waals surface area contributed by atoms with Crippen LogP contribution in [0.3, 0.4) is 0 Å². The molecule has 3 rings (SSSR count). The Morgan fingerprint density at radius 1 is 1.08 bits per heavy atom. The molecule has 1 atom stereocenters. The molecule has 0 radical (unpaired) electrons. The molecular weight excluding hydrogens is 459 g/mol. The zero-order chi connectivity index (χ0) is 27.9. The Kier molecular flexibility index (Phi) is 20.7. The van der Waals surface area contributed by atoms with Gasteiger partial charge in [-0.3, -0.25) is 4.90 Å². The van der Waals surface area contributed by atoms with Crippen molar-refractivity contribution in [1.29, 1.82) is 0 Å². The van der Waals surface area contributed by atoms with E-state index in [1.165, 1.54) is 43.6 Å². The molecule has 5 heteroatoms. The fourth-order valence-corrected chi connectivity index (χ4v) is 3.71. The SMILES string of the molecule is CC.CC.CC/C=C\C=C(/C)CN1CCCC(C)C1.CN(/C=C\Cc1ccc(F)cc1)c1ncccn1. The van der Waals surface area contributed by atoms with E-state index in [2.05, 4.69) is 53.9 Å². The lowest BCUT2D eigenvalue weighted by Crippen LogP contribution is -2.35. The molecule has 1 aromatic heterocycles. The van der Waals surface area contributed by atoms with Gasteiger partial charge in [0.05, 0.1) is 0 Å². The van der Waals surface area contributed by atoms with Gasteiger partial charge in [-0.2, -0.15) is 0 Å². The average Bonchev–Trinajstić information content (AvgIpc) is 2.93. The average molecular weight is 511 g/mol. The van der Waals surface area contributed by atoms with E-state index in [0.717, 1.165) is 30.9 Å². The summed E-state index contributed by atoms with van der Waals surface area (Å²) >= 11 is 0. The van der Waals surface area contributed by atoms with E-state index in [1.54, 1.807) is 30.6 Å². The number of rotatable bonds is 8. The fourth-order valence-electron chi connectivity index (χ4n) is 3.71. The van der Waals surface area contributed by atoms with Crippen LogP contribution in [0.2, 0.25) is 0 Å². The van der Waals surface area contributed by atoms with E-state index in [9.17, 15) is 4.39 Å². The summed E-state index contributed by atoms with van der Waals surface area (Å²) in [5, 5.41) is 0. The first-order valence-electron chi connectivity index (χ1n) is 13.9. The minimum Gasteiger partial charge on any atom is -0.321 e. The van der Waals surface area contributed by atoms with E-state index in [1.807, 2.05) is 51.9 Å². The smallest absolute Gasteiger partial charge is 0.229 e. The summed E-state index contributed by atoms with van der Waals surface area (Å²) in [4.78, 5) is 12.7. The number of hydrogen-bond donors (Lipinski definition) is 0. The molecule has 4 nitrogen and oxygen atoms in total. The van der Waals surface area contributed by atoms with Crippen molar-refractivity contribution in [2.45, 2.75) is 74.1 Å². The van der Waals surface area contributed by atoms with Gasteiger partial charge in [-0.05, 0) is 68.8 Å². The van der Waals surface area contributed by atoms with Crippen LogP contribution in [0.15, 0.2) is 78.8 Å². The van der Waals surface area contributed by atoms with Crippen LogP contribution in [0.5, 0.6) is 0 Å². The number of hydrogen-bond acceptors (Lipinski definition) is 4. The monoisotopic (exact) mass is 510 g/mol. The second kappa shape index (κ2) is 22.4. The van der Waals surface area contributed by atoms with Crippen molar-refractivity contribution < 1.29 is 4.39 Å². The van der Waals surface area contributed by atoms with Gasteiger partial charge in [0.15, 0.2) is 0 Å². The maximum Gasteiger partial charge on any atom is 0.229 e. The van der Waals surface area contributed by atoms with E-state index in [-0.39, 0.29) is 5.82 Å². The first-order chi connectivity index (χ1) is 18.0. The van der Waals surface area contributed by atoms with Gasteiger partial charge in [-0.1, -0.05) is 83.6 Å². The molecule has 1 fully saturated rings. The Bertz CT molecular complexity index is 875. The summed E-state index contributed by atoms with van der Waals surface area (Å²) in [6, 6.07) is 8.26. The van der Waals surface area contributed by atoms with Gasteiger partial charge in [-0.15, -0.1) is 0 Å². The predicted molar refractivity (Wildman–Crippen MR) is 160 cm³/mol. The maximum absolute atomic E-state index is 12.7. The van der Waals surface area contributed by atoms with Crippen LogP contribution < -0.4 is 4.90 Å². The Labute approximate surface area is 227 Å². The molecule has 2 heterocycles. The number of anilines is 1. The summed E-state index contributed by atoms with van der Waals surface area (Å²) < 4.78 is 12.7. The summed E-state index contributed by atoms with van der Waals surface area (Å²) in [5.74, 6) is 1.32. The van der Waals surface area contributed by atoms with Crippen LogP contribution in [0.1, 0.15) is 73.3 Å². The number of halogens is 1. The van der Waals surface area contributed by atoms with E-state index in [4.69, 9.17) is 0 Å². The van der Waals surface area contributed by atoms with Crippen LogP contribution in [0, 0.1) is 11.7 Å². The highest BCUT2D eigenvalue weighted by Crippen LogP contribution is 2.16. The van der Waals surface area contributed by atoms with Crippen molar-refractivity contribution in [3.63, 3.8) is 0 Å². The number of aromatic nitrogens is 2. The van der Waals surface area contributed by atoms with Crippen molar-refractivity contribution in [2.75, 3.05) is 31.6 Å². The number of likely N-dealkylation sites (tertiary alicyclic amines) is 1. The third-order valence-electron chi connectivity index (χ3n) is 5.43. The second-order valence-electron chi connectivity index (χ2n) is 8.71. The van der Waals surface area contributed by atoms with Crippen molar-refractivity contribution >= 4 is 5.95 Å². The van der Waals surface area contributed by atoms with E-state index in [0.29, 0.717) is 5.95 Å². The minimum absolute atomic E-state index is 0.211. The molecule has 0 aliphatic carbocycles. The second-order valence-corrected chi connectivity index (χ2v) is 8.71. The van der Waals surface area contributed by atoms with Crippen molar-refractivity contribution in [3.8, 4) is 0 Å². The molecule has 0 saturated carbocycles. The third-order valence-corrected chi connectivity index (χ3v) is 5.43. The molecule has 0 N–H and O–H groups in total. The zero-order valence-electron chi connectivity index (χ0n) is 24.6. The number of nitrogens with zero attached hydrogens (tertiary/aromatic N) is 4. The number of allylic oxidation sites excluding steroid dienone is 4. The molecule has 1 aliphatic heterocycles. The number of piperidine rings is 1.